The van der Waals surface area contributed by atoms with Crippen LogP contribution in [0.5, 0.6) is 5.75 Å². The van der Waals surface area contributed by atoms with Crippen molar-refractivity contribution in [3.05, 3.63) is 29.8 Å². The van der Waals surface area contributed by atoms with E-state index in [1.54, 1.807) is 0 Å². The summed E-state index contributed by atoms with van der Waals surface area (Å²) in [5.74, 6) is 0.904. The van der Waals surface area contributed by atoms with Gasteiger partial charge in [0.15, 0.2) is 0 Å². The number of rotatable bonds is 3. The predicted molar refractivity (Wildman–Crippen MR) is 69.5 cm³/mol. The molecule has 0 saturated carbocycles. The summed E-state index contributed by atoms with van der Waals surface area (Å²) in [5.41, 5.74) is 1.34. The summed E-state index contributed by atoms with van der Waals surface area (Å²) in [6.07, 6.45) is 1.07. The smallest absolute Gasteiger partial charge is 0.148 e. The van der Waals surface area contributed by atoms with Gasteiger partial charge in [0.1, 0.15) is 5.75 Å². The monoisotopic (exact) mass is 261 g/mol. The van der Waals surface area contributed by atoms with Gasteiger partial charge in [-0.2, -0.15) is 0 Å². The molecular weight excluding hydrogens is 247 g/mol. The Balaban J connectivity index is 1.91. The van der Waals surface area contributed by atoms with Gasteiger partial charge in [-0.15, -0.1) is 0 Å². The highest BCUT2D eigenvalue weighted by atomic mass is 31.2. The van der Waals surface area contributed by atoms with Crippen molar-refractivity contribution in [2.75, 3.05) is 0 Å². The van der Waals surface area contributed by atoms with Gasteiger partial charge in [-0.1, -0.05) is 23.7 Å². The predicted octanol–water partition coefficient (Wildman–Crippen LogP) is 2.56. The molecule has 0 spiro atoms. The molecule has 0 radical (unpaired) electrons. The second-order valence-corrected chi connectivity index (χ2v) is 6.94. The molecule has 1 aromatic carbocycles. The van der Waals surface area contributed by atoms with Crippen molar-refractivity contribution < 1.29 is 4.84 Å². The van der Waals surface area contributed by atoms with Crippen LogP contribution in [0.15, 0.2) is 24.3 Å². The quantitative estimate of drug-likeness (QED) is 0.820. The fraction of sp³-hybridized carbons (Fsp3) is 0.250. The third-order valence-corrected chi connectivity index (χ3v) is 5.12. The molecule has 2 rings (SSSR count). The van der Waals surface area contributed by atoms with Crippen molar-refractivity contribution in [3.8, 4) is 5.75 Å². The van der Waals surface area contributed by atoms with Crippen LogP contribution in [0.2, 0.25) is 0 Å². The highest BCUT2D eigenvalue weighted by molar-refractivity contribution is 7.65. The second-order valence-electron chi connectivity index (χ2n) is 2.98. The van der Waals surface area contributed by atoms with E-state index in [0.717, 1.165) is 12.2 Å². The van der Waals surface area contributed by atoms with E-state index in [0.29, 0.717) is 26.6 Å². The summed E-state index contributed by atoms with van der Waals surface area (Å²) in [6.45, 7) is 2.15. The zero-order valence-electron chi connectivity index (χ0n) is 8.37. The number of hydrogen-bond acceptors (Lipinski definition) is 4. The van der Waals surface area contributed by atoms with Crippen LogP contribution >= 0.6 is 26.6 Å². The average molecular weight is 261 g/mol. The van der Waals surface area contributed by atoms with Gasteiger partial charge >= 0.3 is 0 Å². The van der Waals surface area contributed by atoms with E-state index in [1.807, 2.05) is 16.7 Å². The molecule has 1 aromatic rings. The van der Waals surface area contributed by atoms with Crippen LogP contribution in [-0.4, -0.2) is 4.60 Å². The van der Waals surface area contributed by atoms with Gasteiger partial charge in [-0.05, 0) is 24.1 Å². The minimum Gasteiger partial charge on any atom is -0.397 e. The lowest BCUT2D eigenvalue weighted by atomic mass is 10.2. The normalized spacial score (nSPS) is 22.5. The van der Waals surface area contributed by atoms with Gasteiger partial charge in [0.25, 0.3) is 0 Å². The van der Waals surface area contributed by atoms with Crippen LogP contribution in [0, 0.1) is 0 Å². The van der Waals surface area contributed by atoms with E-state index >= 15 is 0 Å². The van der Waals surface area contributed by atoms with Crippen LogP contribution in [0.3, 0.4) is 0 Å². The standard InChI is InChI=1S/C8H14N3OP3/c1-2-7-3-5-8(6-4-7)12-11-14-9-13-10-15-11/h3-6,9-10,13-15H,2H2,1H3. The number of nitrogens with one attached hydrogen (secondary N) is 2. The first-order valence-electron chi connectivity index (χ1n) is 4.72. The first-order valence-corrected chi connectivity index (χ1v) is 7.61. The van der Waals surface area contributed by atoms with Gasteiger partial charge in [-0.3, -0.25) is 9.72 Å². The minimum atomic E-state index is 0.539. The molecule has 1 aliphatic heterocycles. The molecule has 15 heavy (non-hydrogen) atoms. The Morgan fingerprint density at radius 2 is 1.87 bits per heavy atom. The lowest BCUT2D eigenvalue weighted by Gasteiger charge is -2.26. The zero-order chi connectivity index (χ0) is 10.5. The van der Waals surface area contributed by atoms with E-state index in [1.165, 1.54) is 5.56 Å². The minimum absolute atomic E-state index is 0.539. The van der Waals surface area contributed by atoms with Crippen molar-refractivity contribution in [2.24, 2.45) is 0 Å². The molecule has 82 valence electrons. The molecule has 0 amide bonds. The average Bonchev–Trinajstić information content (AvgIpc) is 2.31. The SMILES string of the molecule is CCc1ccc(ON2PNPNP2)cc1. The van der Waals surface area contributed by atoms with Crippen LogP contribution in [0.1, 0.15) is 12.5 Å². The summed E-state index contributed by atoms with van der Waals surface area (Å²) in [6, 6.07) is 8.25. The fourth-order valence-corrected chi connectivity index (χ4v) is 4.76. The van der Waals surface area contributed by atoms with Crippen molar-refractivity contribution >= 4 is 26.6 Å². The zero-order valence-corrected chi connectivity index (χ0v) is 11.4. The van der Waals surface area contributed by atoms with Gasteiger partial charge in [0.2, 0.25) is 0 Å². The van der Waals surface area contributed by atoms with E-state index in [4.69, 9.17) is 4.84 Å². The van der Waals surface area contributed by atoms with Crippen LogP contribution in [-0.2, 0) is 6.42 Å². The summed E-state index contributed by atoms with van der Waals surface area (Å²) in [7, 11) is 1.73. The van der Waals surface area contributed by atoms with E-state index in [2.05, 4.69) is 28.8 Å². The Bertz CT molecular complexity index is 303. The first kappa shape index (κ1) is 11.7. The van der Waals surface area contributed by atoms with Crippen molar-refractivity contribution in [1.29, 1.82) is 0 Å². The van der Waals surface area contributed by atoms with E-state index < -0.39 is 0 Å². The molecule has 0 bridgehead atoms. The van der Waals surface area contributed by atoms with Crippen LogP contribution in [0.4, 0.5) is 0 Å². The highest BCUT2D eigenvalue weighted by Gasteiger charge is 2.10. The third-order valence-electron chi connectivity index (χ3n) is 1.97. The van der Waals surface area contributed by atoms with Gasteiger partial charge in [-0.25, -0.2) is 0 Å². The Morgan fingerprint density at radius 1 is 1.20 bits per heavy atom. The Hall–Kier alpha value is 0.190. The molecule has 2 N–H and O–H groups in total. The molecule has 0 aliphatic carbocycles. The molecule has 2 atom stereocenters. The van der Waals surface area contributed by atoms with E-state index in [-0.39, 0.29) is 0 Å². The molecule has 1 heterocycles. The topological polar surface area (TPSA) is 36.5 Å². The molecule has 4 nitrogen and oxygen atoms in total. The number of nitrogens with zero attached hydrogens (tertiary/aromatic N) is 1. The van der Waals surface area contributed by atoms with Crippen molar-refractivity contribution in [3.63, 3.8) is 0 Å². The Labute approximate surface area is 95.2 Å². The lowest BCUT2D eigenvalue weighted by Crippen LogP contribution is -2.19. The molecule has 1 saturated heterocycles. The summed E-state index contributed by atoms with van der Waals surface area (Å²) >= 11 is 0. The number of aryl methyl sites for hydroxylation is 1. The molecule has 7 heteroatoms. The lowest BCUT2D eigenvalue weighted by molar-refractivity contribution is 0.146. The number of benzene rings is 1. The molecule has 2 unspecified atom stereocenters. The summed E-state index contributed by atoms with van der Waals surface area (Å²) < 4.78 is 1.91. The maximum Gasteiger partial charge on any atom is 0.148 e. The Kier molecular flexibility index (Phi) is 4.71. The molecule has 1 fully saturated rings. The van der Waals surface area contributed by atoms with Crippen molar-refractivity contribution in [1.82, 2.24) is 14.3 Å². The largest absolute Gasteiger partial charge is 0.397 e. The molecule has 1 aliphatic rings. The molecular formula is C8H14N3OP3. The maximum absolute atomic E-state index is 5.69. The van der Waals surface area contributed by atoms with Gasteiger partial charge in [0, 0.05) is 8.88 Å². The van der Waals surface area contributed by atoms with Gasteiger partial charge < -0.3 is 4.84 Å². The third kappa shape index (κ3) is 3.60. The van der Waals surface area contributed by atoms with Crippen LogP contribution in [0.25, 0.3) is 0 Å². The van der Waals surface area contributed by atoms with Crippen molar-refractivity contribution in [2.45, 2.75) is 13.3 Å². The number of hydrogen-bond donors (Lipinski definition) is 2. The summed E-state index contributed by atoms with van der Waals surface area (Å²) in [5, 5.41) is 0. The molecule has 0 aromatic heterocycles. The van der Waals surface area contributed by atoms with E-state index in [9.17, 15) is 0 Å². The first-order chi connectivity index (χ1) is 7.38. The summed E-state index contributed by atoms with van der Waals surface area (Å²) in [4.78, 5) is 12.2. The fourth-order valence-electron chi connectivity index (χ4n) is 1.15. The Morgan fingerprint density at radius 3 is 2.47 bits per heavy atom. The van der Waals surface area contributed by atoms with Gasteiger partial charge in [0.05, 0.1) is 17.8 Å². The highest BCUT2D eigenvalue weighted by Crippen LogP contribution is 2.37. The van der Waals surface area contributed by atoms with Crippen LogP contribution < -0.4 is 14.6 Å². The second kappa shape index (κ2) is 6.06. The maximum atomic E-state index is 5.69.